The fraction of sp³-hybridized carbons (Fsp3) is 1.00. The molecule has 2 rings (SSSR count). The van der Waals surface area contributed by atoms with Crippen molar-refractivity contribution in [3.8, 4) is 0 Å². The highest BCUT2D eigenvalue weighted by molar-refractivity contribution is 5.09. The van der Waals surface area contributed by atoms with Gasteiger partial charge in [-0.25, -0.2) is 0 Å². The molecule has 1 aliphatic heterocycles. The maximum Gasteiger partial charge on any atom is 0.0313 e. The fourth-order valence-corrected chi connectivity index (χ4v) is 2.24. The molecule has 0 aromatic carbocycles. The summed E-state index contributed by atoms with van der Waals surface area (Å²) in [6.45, 7) is 4.85. The number of likely N-dealkylation sites (tertiary alicyclic amines) is 1. The van der Waals surface area contributed by atoms with Crippen LogP contribution in [-0.2, 0) is 0 Å². The number of nitrogens with two attached hydrogens (primary N) is 1. The maximum absolute atomic E-state index is 6.25. The molecule has 70 valence electrons. The van der Waals surface area contributed by atoms with Gasteiger partial charge in [0, 0.05) is 11.6 Å². The molecule has 1 aliphatic carbocycles. The standard InChI is InChI=1S/C10H20N2/c1-2-4-9(10(11)5-6-10)12-7-3-8-12/h9H,2-8,11H2,1H3. The Kier molecular flexibility index (Phi) is 2.13. The van der Waals surface area contributed by atoms with Gasteiger partial charge in [0.05, 0.1) is 0 Å². The Morgan fingerprint density at radius 1 is 1.42 bits per heavy atom. The van der Waals surface area contributed by atoms with Crippen molar-refractivity contribution < 1.29 is 0 Å². The van der Waals surface area contributed by atoms with E-state index < -0.39 is 0 Å². The molecule has 1 heterocycles. The fourth-order valence-electron chi connectivity index (χ4n) is 2.24. The minimum Gasteiger partial charge on any atom is -0.324 e. The first-order chi connectivity index (χ1) is 5.76. The number of hydrogen-bond acceptors (Lipinski definition) is 2. The molecule has 0 spiro atoms. The van der Waals surface area contributed by atoms with E-state index >= 15 is 0 Å². The van der Waals surface area contributed by atoms with Crippen molar-refractivity contribution in [2.75, 3.05) is 13.1 Å². The molecule has 2 fully saturated rings. The van der Waals surface area contributed by atoms with Crippen LogP contribution in [0.5, 0.6) is 0 Å². The Bertz CT molecular complexity index is 159. The van der Waals surface area contributed by atoms with E-state index in [2.05, 4.69) is 11.8 Å². The lowest BCUT2D eigenvalue weighted by atomic mass is 9.97. The quantitative estimate of drug-likeness (QED) is 0.686. The lowest BCUT2D eigenvalue weighted by molar-refractivity contribution is 0.0867. The summed E-state index contributed by atoms with van der Waals surface area (Å²) in [6.07, 6.45) is 6.48. The Balaban J connectivity index is 1.92. The summed E-state index contributed by atoms with van der Waals surface area (Å²) in [6, 6.07) is 0.705. The van der Waals surface area contributed by atoms with Gasteiger partial charge in [-0.15, -0.1) is 0 Å². The highest BCUT2D eigenvalue weighted by Gasteiger charge is 2.48. The summed E-state index contributed by atoms with van der Waals surface area (Å²) in [5.74, 6) is 0. The molecule has 1 saturated carbocycles. The van der Waals surface area contributed by atoms with E-state index in [1.54, 1.807) is 0 Å². The molecule has 12 heavy (non-hydrogen) atoms. The molecular weight excluding hydrogens is 148 g/mol. The maximum atomic E-state index is 6.25. The van der Waals surface area contributed by atoms with Crippen LogP contribution in [-0.4, -0.2) is 29.6 Å². The van der Waals surface area contributed by atoms with Crippen LogP contribution in [0.1, 0.15) is 39.0 Å². The van der Waals surface area contributed by atoms with E-state index in [-0.39, 0.29) is 5.54 Å². The van der Waals surface area contributed by atoms with Crippen molar-refractivity contribution >= 4 is 0 Å². The monoisotopic (exact) mass is 168 g/mol. The van der Waals surface area contributed by atoms with Gasteiger partial charge in [-0.3, -0.25) is 4.90 Å². The van der Waals surface area contributed by atoms with Crippen molar-refractivity contribution in [1.82, 2.24) is 4.90 Å². The zero-order valence-corrected chi connectivity index (χ0v) is 8.05. The number of rotatable bonds is 4. The van der Waals surface area contributed by atoms with Gasteiger partial charge < -0.3 is 5.73 Å². The van der Waals surface area contributed by atoms with Crippen LogP contribution >= 0.6 is 0 Å². The van der Waals surface area contributed by atoms with Gasteiger partial charge in [0.2, 0.25) is 0 Å². The van der Waals surface area contributed by atoms with Crippen LogP contribution in [0.25, 0.3) is 0 Å². The highest BCUT2D eigenvalue weighted by Crippen LogP contribution is 2.41. The third-order valence-corrected chi connectivity index (χ3v) is 3.38. The van der Waals surface area contributed by atoms with Crippen LogP contribution in [0.15, 0.2) is 0 Å². The van der Waals surface area contributed by atoms with Crippen molar-refractivity contribution in [1.29, 1.82) is 0 Å². The average molecular weight is 168 g/mol. The van der Waals surface area contributed by atoms with Gasteiger partial charge >= 0.3 is 0 Å². The summed E-state index contributed by atoms with van der Waals surface area (Å²) in [4.78, 5) is 2.58. The predicted molar refractivity (Wildman–Crippen MR) is 51.0 cm³/mol. The van der Waals surface area contributed by atoms with Gasteiger partial charge in [0.25, 0.3) is 0 Å². The minimum absolute atomic E-state index is 0.219. The zero-order chi connectivity index (χ0) is 8.60. The van der Waals surface area contributed by atoms with Gasteiger partial charge in [-0.1, -0.05) is 13.3 Å². The van der Waals surface area contributed by atoms with Crippen LogP contribution in [0.3, 0.4) is 0 Å². The molecule has 2 nitrogen and oxygen atoms in total. The third kappa shape index (κ3) is 1.38. The van der Waals surface area contributed by atoms with E-state index in [4.69, 9.17) is 5.73 Å². The zero-order valence-electron chi connectivity index (χ0n) is 8.05. The summed E-state index contributed by atoms with van der Waals surface area (Å²) in [5, 5.41) is 0. The van der Waals surface area contributed by atoms with Crippen molar-refractivity contribution in [3.05, 3.63) is 0 Å². The van der Waals surface area contributed by atoms with Crippen molar-refractivity contribution in [3.63, 3.8) is 0 Å². The van der Waals surface area contributed by atoms with Gasteiger partial charge in [-0.05, 0) is 38.8 Å². The second-order valence-corrected chi connectivity index (χ2v) is 4.43. The summed E-state index contributed by atoms with van der Waals surface area (Å²) in [5.41, 5.74) is 6.46. The highest BCUT2D eigenvalue weighted by atomic mass is 15.2. The van der Waals surface area contributed by atoms with E-state index in [1.807, 2.05) is 0 Å². The number of nitrogens with zero attached hydrogens (tertiary/aromatic N) is 1. The molecule has 1 atom stereocenters. The van der Waals surface area contributed by atoms with Crippen LogP contribution in [0, 0.1) is 0 Å². The topological polar surface area (TPSA) is 29.3 Å². The van der Waals surface area contributed by atoms with Crippen molar-refractivity contribution in [2.24, 2.45) is 5.73 Å². The molecular formula is C10H20N2. The molecule has 1 saturated heterocycles. The molecule has 0 amide bonds. The molecule has 2 aliphatic rings. The van der Waals surface area contributed by atoms with Crippen LogP contribution < -0.4 is 5.73 Å². The smallest absolute Gasteiger partial charge is 0.0313 e. The lowest BCUT2D eigenvalue weighted by Gasteiger charge is -2.41. The van der Waals surface area contributed by atoms with E-state index in [0.717, 1.165) is 0 Å². The number of hydrogen-bond donors (Lipinski definition) is 1. The Morgan fingerprint density at radius 3 is 2.42 bits per heavy atom. The summed E-state index contributed by atoms with van der Waals surface area (Å²) >= 11 is 0. The van der Waals surface area contributed by atoms with E-state index in [0.29, 0.717) is 6.04 Å². The normalized spacial score (nSPS) is 29.5. The molecule has 0 radical (unpaired) electrons. The second-order valence-electron chi connectivity index (χ2n) is 4.43. The van der Waals surface area contributed by atoms with Gasteiger partial charge in [0.1, 0.15) is 0 Å². The molecule has 0 bridgehead atoms. The Morgan fingerprint density at radius 2 is 2.08 bits per heavy atom. The predicted octanol–water partition coefficient (Wildman–Crippen LogP) is 1.35. The minimum atomic E-state index is 0.219. The first-order valence-electron chi connectivity index (χ1n) is 5.29. The summed E-state index contributed by atoms with van der Waals surface area (Å²) < 4.78 is 0. The Labute approximate surface area is 75.1 Å². The van der Waals surface area contributed by atoms with Gasteiger partial charge in [0.15, 0.2) is 0 Å². The second kappa shape index (κ2) is 3.00. The molecule has 2 N–H and O–H groups in total. The average Bonchev–Trinajstić information content (AvgIpc) is 2.65. The van der Waals surface area contributed by atoms with Crippen LogP contribution in [0.4, 0.5) is 0 Å². The molecule has 0 aromatic heterocycles. The van der Waals surface area contributed by atoms with Crippen molar-refractivity contribution in [2.45, 2.75) is 50.6 Å². The largest absolute Gasteiger partial charge is 0.324 e. The van der Waals surface area contributed by atoms with Crippen LogP contribution in [0.2, 0.25) is 0 Å². The van der Waals surface area contributed by atoms with Gasteiger partial charge in [-0.2, -0.15) is 0 Å². The first kappa shape index (κ1) is 8.52. The molecule has 1 unspecified atom stereocenters. The molecule has 2 heteroatoms. The van der Waals surface area contributed by atoms with E-state index in [1.165, 1.54) is 45.2 Å². The van der Waals surface area contributed by atoms with E-state index in [9.17, 15) is 0 Å². The molecule has 0 aromatic rings. The third-order valence-electron chi connectivity index (χ3n) is 3.38. The lowest BCUT2D eigenvalue weighted by Crippen LogP contribution is -2.54. The summed E-state index contributed by atoms with van der Waals surface area (Å²) in [7, 11) is 0. The SMILES string of the molecule is CCCC(N1CCC1)C1(N)CC1. The Hall–Kier alpha value is -0.0800. The first-order valence-corrected chi connectivity index (χ1v) is 5.29.